The van der Waals surface area contributed by atoms with E-state index in [1.807, 2.05) is 0 Å². The molecule has 0 aliphatic carbocycles. The van der Waals surface area contributed by atoms with E-state index in [0.29, 0.717) is 0 Å². The van der Waals surface area contributed by atoms with Crippen LogP contribution in [0, 0.1) is 0 Å². The number of aliphatic hydroxyl groups excluding tert-OH is 3. The van der Waals surface area contributed by atoms with Gasteiger partial charge >= 0.3 is 0 Å². The molecule has 0 bridgehead atoms. The van der Waals surface area contributed by atoms with Crippen LogP contribution < -0.4 is 0 Å². The summed E-state index contributed by atoms with van der Waals surface area (Å²) >= 11 is 0. The molecule has 0 aromatic rings. The van der Waals surface area contributed by atoms with Crippen molar-refractivity contribution < 1.29 is 20.1 Å². The summed E-state index contributed by atoms with van der Waals surface area (Å²) in [6.45, 7) is 0. The first-order valence-electron chi connectivity index (χ1n) is 2.34. The van der Waals surface area contributed by atoms with Crippen molar-refractivity contribution >= 4 is 0 Å². The Bertz CT molecular complexity index is 170. The first-order chi connectivity index (χ1) is 4.22. The molecule has 50 valence electrons. The molecule has 0 saturated carbocycles. The van der Waals surface area contributed by atoms with E-state index in [-0.39, 0.29) is 5.76 Å². The van der Waals surface area contributed by atoms with E-state index in [1.54, 1.807) is 0 Å². The average molecular weight is 130 g/mol. The number of hydrogen-bond acceptors (Lipinski definition) is 4. The monoisotopic (exact) mass is 130 g/mol. The molecule has 1 rings (SSSR count). The Morgan fingerprint density at radius 1 is 1.44 bits per heavy atom. The summed E-state index contributed by atoms with van der Waals surface area (Å²) in [5, 5.41) is 25.9. The van der Waals surface area contributed by atoms with E-state index in [0.717, 1.165) is 12.3 Å². The molecule has 0 spiro atoms. The number of aliphatic hydroxyl groups is 3. The van der Waals surface area contributed by atoms with Gasteiger partial charge in [-0.3, -0.25) is 0 Å². The molecule has 1 aliphatic rings. The molecule has 0 aromatic carbocycles. The Labute approximate surface area is 51.3 Å². The van der Waals surface area contributed by atoms with Crippen LogP contribution in [0.3, 0.4) is 0 Å². The van der Waals surface area contributed by atoms with Crippen LogP contribution in [0.4, 0.5) is 0 Å². The van der Waals surface area contributed by atoms with Crippen molar-refractivity contribution in [2.75, 3.05) is 0 Å². The number of rotatable bonds is 0. The third-order valence-electron chi connectivity index (χ3n) is 0.930. The van der Waals surface area contributed by atoms with Crippen molar-refractivity contribution in [2.24, 2.45) is 0 Å². The molecule has 0 aromatic heterocycles. The lowest BCUT2D eigenvalue weighted by molar-refractivity contribution is -0.0562. The summed E-state index contributed by atoms with van der Waals surface area (Å²) in [5.41, 5.74) is 0. The molecule has 3 N–H and O–H groups in total. The maximum absolute atomic E-state index is 8.65. The molecule has 0 fully saturated rings. The van der Waals surface area contributed by atoms with E-state index in [4.69, 9.17) is 15.3 Å². The van der Waals surface area contributed by atoms with Gasteiger partial charge in [0, 0.05) is 6.08 Å². The summed E-state index contributed by atoms with van der Waals surface area (Å²) in [7, 11) is 0. The quantitative estimate of drug-likeness (QED) is 0.437. The van der Waals surface area contributed by atoms with Gasteiger partial charge in [0.05, 0.1) is 6.26 Å². The molecule has 0 saturated heterocycles. The van der Waals surface area contributed by atoms with E-state index in [9.17, 15) is 0 Å². The van der Waals surface area contributed by atoms with Gasteiger partial charge in [0.25, 0.3) is 6.29 Å². The highest BCUT2D eigenvalue weighted by Crippen LogP contribution is 2.11. The highest BCUT2D eigenvalue weighted by Gasteiger charge is 2.16. The minimum Gasteiger partial charge on any atom is -0.504 e. The van der Waals surface area contributed by atoms with Crippen LogP contribution in [0.15, 0.2) is 23.9 Å². The second kappa shape index (κ2) is 1.99. The molecular formula is C5H6O4. The van der Waals surface area contributed by atoms with E-state index in [1.165, 1.54) is 0 Å². The van der Waals surface area contributed by atoms with Crippen LogP contribution in [0.1, 0.15) is 0 Å². The predicted molar refractivity (Wildman–Crippen MR) is 28.5 cm³/mol. The van der Waals surface area contributed by atoms with Gasteiger partial charge in [-0.1, -0.05) is 0 Å². The maximum Gasteiger partial charge on any atom is 0.259 e. The zero-order valence-corrected chi connectivity index (χ0v) is 4.48. The Kier molecular flexibility index (Phi) is 1.32. The highest BCUT2D eigenvalue weighted by molar-refractivity contribution is 5.17. The van der Waals surface area contributed by atoms with Crippen molar-refractivity contribution in [3.05, 3.63) is 23.9 Å². The summed E-state index contributed by atoms with van der Waals surface area (Å²) in [4.78, 5) is 0. The summed E-state index contributed by atoms with van der Waals surface area (Å²) in [6.07, 6.45) is 0.817. The lowest BCUT2D eigenvalue weighted by Crippen LogP contribution is -2.16. The molecule has 1 heterocycles. The molecule has 1 atom stereocenters. The third-order valence-corrected chi connectivity index (χ3v) is 0.930. The average Bonchev–Trinajstić information content (AvgIpc) is 1.83. The van der Waals surface area contributed by atoms with Gasteiger partial charge in [0.2, 0.25) is 5.76 Å². The zero-order valence-electron chi connectivity index (χ0n) is 4.48. The maximum atomic E-state index is 8.65. The Morgan fingerprint density at radius 3 is 2.56 bits per heavy atom. The van der Waals surface area contributed by atoms with Gasteiger partial charge in [-0.25, -0.2) is 0 Å². The van der Waals surface area contributed by atoms with E-state index in [2.05, 4.69) is 4.74 Å². The van der Waals surface area contributed by atoms with Gasteiger partial charge in [0.15, 0.2) is 5.76 Å². The van der Waals surface area contributed by atoms with Crippen LogP contribution in [0.25, 0.3) is 0 Å². The fraction of sp³-hybridized carbons (Fsp3) is 0.200. The SMILES string of the molecule is OC1=C(O)C(O)OC=C1. The summed E-state index contributed by atoms with van der Waals surface area (Å²) in [5.74, 6) is -0.925. The fourth-order valence-electron chi connectivity index (χ4n) is 0.454. The topological polar surface area (TPSA) is 69.9 Å². The molecule has 1 aliphatic heterocycles. The van der Waals surface area contributed by atoms with Crippen molar-refractivity contribution in [3.8, 4) is 0 Å². The van der Waals surface area contributed by atoms with Gasteiger partial charge in [0.1, 0.15) is 0 Å². The zero-order chi connectivity index (χ0) is 6.85. The second-order valence-electron chi connectivity index (χ2n) is 1.56. The number of hydrogen-bond donors (Lipinski definition) is 3. The molecule has 0 amide bonds. The van der Waals surface area contributed by atoms with E-state index < -0.39 is 12.0 Å². The van der Waals surface area contributed by atoms with Crippen LogP contribution in [0.2, 0.25) is 0 Å². The predicted octanol–water partition coefficient (Wildman–Crippen LogP) is 0.176. The Hall–Kier alpha value is -1.16. The molecule has 0 radical (unpaired) electrons. The van der Waals surface area contributed by atoms with Gasteiger partial charge in [-0.05, 0) is 0 Å². The van der Waals surface area contributed by atoms with E-state index >= 15 is 0 Å². The van der Waals surface area contributed by atoms with Crippen LogP contribution >= 0.6 is 0 Å². The lowest BCUT2D eigenvalue weighted by atomic mass is 10.3. The standard InChI is InChI=1S/C5H6O4/c6-3-1-2-9-5(8)4(3)7/h1-2,5-8H. The lowest BCUT2D eigenvalue weighted by Gasteiger charge is -2.12. The smallest absolute Gasteiger partial charge is 0.259 e. The first kappa shape index (κ1) is 5.97. The van der Waals surface area contributed by atoms with Crippen molar-refractivity contribution in [2.45, 2.75) is 6.29 Å². The van der Waals surface area contributed by atoms with Crippen molar-refractivity contribution in [1.29, 1.82) is 0 Å². The third kappa shape index (κ3) is 0.972. The first-order valence-corrected chi connectivity index (χ1v) is 2.34. The number of ether oxygens (including phenoxy) is 1. The van der Waals surface area contributed by atoms with Crippen molar-refractivity contribution in [1.82, 2.24) is 0 Å². The number of allylic oxidation sites excluding steroid dienone is 1. The highest BCUT2D eigenvalue weighted by atomic mass is 16.6. The van der Waals surface area contributed by atoms with Crippen molar-refractivity contribution in [3.63, 3.8) is 0 Å². The largest absolute Gasteiger partial charge is 0.504 e. The Morgan fingerprint density at radius 2 is 2.11 bits per heavy atom. The summed E-state index contributed by atoms with van der Waals surface area (Å²) < 4.78 is 4.37. The van der Waals surface area contributed by atoms with Gasteiger partial charge in [-0.15, -0.1) is 0 Å². The van der Waals surface area contributed by atoms with Gasteiger partial charge in [-0.2, -0.15) is 0 Å². The Balaban J connectivity index is 2.83. The van der Waals surface area contributed by atoms with Crippen LogP contribution in [-0.4, -0.2) is 21.6 Å². The fourth-order valence-corrected chi connectivity index (χ4v) is 0.454. The minimum atomic E-state index is -1.42. The second-order valence-corrected chi connectivity index (χ2v) is 1.56. The molecule has 1 unspecified atom stereocenters. The van der Waals surface area contributed by atoms with Crippen LogP contribution in [-0.2, 0) is 4.74 Å². The molecule has 4 heteroatoms. The van der Waals surface area contributed by atoms with Crippen LogP contribution in [0.5, 0.6) is 0 Å². The molecular weight excluding hydrogens is 124 g/mol. The van der Waals surface area contributed by atoms with Gasteiger partial charge < -0.3 is 20.1 Å². The normalized spacial score (nSPS) is 26.1. The molecule has 4 nitrogen and oxygen atoms in total. The minimum absolute atomic E-state index is 0.367. The summed E-state index contributed by atoms with van der Waals surface area (Å²) in [6, 6.07) is 0. The molecule has 9 heavy (non-hydrogen) atoms.